The number of carbonyl (C=O) groups excluding carboxylic acids is 1. The Bertz CT molecular complexity index is 534. The lowest BCUT2D eigenvalue weighted by molar-refractivity contribution is -0.106. The number of rotatable bonds is 3. The maximum atomic E-state index is 13.3. The number of hydrogen-bond acceptors (Lipinski definition) is 2. The van der Waals surface area contributed by atoms with Crippen molar-refractivity contribution < 1.29 is 9.18 Å². The average molecular weight is 261 g/mol. The van der Waals surface area contributed by atoms with E-state index in [-0.39, 0.29) is 6.29 Å². The van der Waals surface area contributed by atoms with E-state index in [0.717, 1.165) is 12.0 Å². The Morgan fingerprint density at radius 1 is 1.47 bits per heavy atom. The molecule has 0 spiro atoms. The van der Waals surface area contributed by atoms with Crippen LogP contribution in [0, 0.1) is 0 Å². The molecule has 19 heavy (non-hydrogen) atoms. The second-order valence-corrected chi connectivity index (χ2v) is 5.49. The zero-order valence-corrected chi connectivity index (χ0v) is 11.9. The van der Waals surface area contributed by atoms with Crippen molar-refractivity contribution in [3.05, 3.63) is 35.2 Å². The quantitative estimate of drug-likeness (QED) is 0.610. The van der Waals surface area contributed by atoms with Gasteiger partial charge >= 0.3 is 0 Å². The molecule has 0 amide bonds. The van der Waals surface area contributed by atoms with Crippen LogP contribution in [0.5, 0.6) is 0 Å². The summed E-state index contributed by atoms with van der Waals surface area (Å²) >= 11 is 0. The molecule has 0 saturated carbocycles. The predicted octanol–water partition coefficient (Wildman–Crippen LogP) is 3.75. The van der Waals surface area contributed by atoms with Crippen molar-refractivity contribution in [1.29, 1.82) is 0 Å². The van der Waals surface area contributed by atoms with Crippen LogP contribution in [-0.4, -0.2) is 18.4 Å². The second kappa shape index (κ2) is 5.16. The molecule has 0 bridgehead atoms. The minimum absolute atomic E-state index is 0.269. The van der Waals surface area contributed by atoms with Crippen LogP contribution >= 0.6 is 0 Å². The highest BCUT2D eigenvalue weighted by atomic mass is 19.1. The summed E-state index contributed by atoms with van der Waals surface area (Å²) in [4.78, 5) is 12.9. The molecule has 3 heteroatoms. The molecule has 2 nitrogen and oxygen atoms in total. The summed E-state index contributed by atoms with van der Waals surface area (Å²) in [6.45, 7) is 8.20. The second-order valence-electron chi connectivity index (χ2n) is 5.49. The molecule has 102 valence electrons. The number of allylic oxidation sites excluding steroid dienone is 2. The lowest BCUT2D eigenvalue weighted by Gasteiger charge is -2.29. The summed E-state index contributed by atoms with van der Waals surface area (Å²) in [7, 11) is 0. The van der Waals surface area contributed by atoms with Gasteiger partial charge in [0.15, 0.2) is 12.1 Å². The summed E-state index contributed by atoms with van der Waals surface area (Å²) in [5.41, 5.74) is 3.66. The first-order valence-corrected chi connectivity index (χ1v) is 6.69. The number of nitrogens with zero attached hydrogens (tertiary/aromatic N) is 1. The van der Waals surface area contributed by atoms with Crippen molar-refractivity contribution in [2.45, 2.75) is 46.2 Å². The van der Waals surface area contributed by atoms with Gasteiger partial charge in [-0.2, -0.15) is 0 Å². The van der Waals surface area contributed by atoms with Crippen LogP contribution in [0.3, 0.4) is 0 Å². The summed E-state index contributed by atoms with van der Waals surface area (Å²) < 4.78 is 13.3. The van der Waals surface area contributed by atoms with Gasteiger partial charge in [-0.15, -0.1) is 0 Å². The molecule has 1 heterocycles. The van der Waals surface area contributed by atoms with E-state index >= 15 is 0 Å². The van der Waals surface area contributed by atoms with E-state index in [0.29, 0.717) is 17.7 Å². The van der Waals surface area contributed by atoms with Gasteiger partial charge in [0.1, 0.15) is 0 Å². The van der Waals surface area contributed by atoms with Gasteiger partial charge < -0.3 is 4.90 Å². The Morgan fingerprint density at radius 2 is 2.16 bits per heavy atom. The molecule has 1 aliphatic rings. The van der Waals surface area contributed by atoms with Crippen molar-refractivity contribution in [1.82, 2.24) is 0 Å². The van der Waals surface area contributed by atoms with Crippen LogP contribution in [0.1, 0.15) is 38.8 Å². The number of benzene rings is 1. The minimum Gasteiger partial charge on any atom is -0.366 e. The van der Waals surface area contributed by atoms with Crippen molar-refractivity contribution >= 4 is 17.5 Å². The molecule has 1 aromatic rings. The van der Waals surface area contributed by atoms with Gasteiger partial charge in [0.2, 0.25) is 0 Å². The SMILES string of the molecule is CC(=C(F)C=O)c1ccc2c(c1)CC(C)N2C(C)C. The lowest BCUT2D eigenvalue weighted by Crippen LogP contribution is -2.35. The van der Waals surface area contributed by atoms with E-state index in [1.807, 2.05) is 18.2 Å². The van der Waals surface area contributed by atoms with Gasteiger partial charge in [0, 0.05) is 17.8 Å². The van der Waals surface area contributed by atoms with Gasteiger partial charge in [-0.3, -0.25) is 4.79 Å². The number of anilines is 1. The molecule has 0 fully saturated rings. The van der Waals surface area contributed by atoms with Gasteiger partial charge in [-0.1, -0.05) is 6.07 Å². The van der Waals surface area contributed by atoms with Crippen LogP contribution in [0.25, 0.3) is 5.57 Å². The maximum absolute atomic E-state index is 13.3. The first-order valence-electron chi connectivity index (χ1n) is 6.69. The molecule has 0 saturated heterocycles. The van der Waals surface area contributed by atoms with E-state index in [4.69, 9.17) is 0 Å². The van der Waals surface area contributed by atoms with E-state index in [1.165, 1.54) is 11.3 Å². The Labute approximate surface area is 113 Å². The monoisotopic (exact) mass is 261 g/mol. The molecular formula is C16H20FNO. The molecule has 0 radical (unpaired) electrons. The highest BCUT2D eigenvalue weighted by Crippen LogP contribution is 2.35. The zero-order chi connectivity index (χ0) is 14.2. The largest absolute Gasteiger partial charge is 0.366 e. The Morgan fingerprint density at radius 3 is 2.74 bits per heavy atom. The average Bonchev–Trinajstić information content (AvgIpc) is 2.71. The van der Waals surface area contributed by atoms with Crippen molar-refractivity contribution in [2.24, 2.45) is 0 Å². The topological polar surface area (TPSA) is 20.3 Å². The smallest absolute Gasteiger partial charge is 0.178 e. The van der Waals surface area contributed by atoms with Gasteiger partial charge in [0.25, 0.3) is 0 Å². The fourth-order valence-electron chi connectivity index (χ4n) is 2.90. The van der Waals surface area contributed by atoms with Crippen LogP contribution in [0.15, 0.2) is 24.0 Å². The molecule has 2 rings (SSSR count). The van der Waals surface area contributed by atoms with Crippen molar-refractivity contribution in [3.8, 4) is 0 Å². The van der Waals surface area contributed by atoms with E-state index in [9.17, 15) is 9.18 Å². The number of carbonyl (C=O) groups is 1. The predicted molar refractivity (Wildman–Crippen MR) is 77.0 cm³/mol. The number of fused-ring (bicyclic) bond motifs is 1. The number of aldehydes is 1. The van der Waals surface area contributed by atoms with Crippen LogP contribution < -0.4 is 4.90 Å². The third-order valence-electron chi connectivity index (χ3n) is 3.80. The first-order chi connectivity index (χ1) is 8.95. The van der Waals surface area contributed by atoms with Gasteiger partial charge in [0.05, 0.1) is 0 Å². The maximum Gasteiger partial charge on any atom is 0.178 e. The van der Waals surface area contributed by atoms with Gasteiger partial charge in [-0.25, -0.2) is 4.39 Å². The van der Waals surface area contributed by atoms with Crippen LogP contribution in [0.4, 0.5) is 10.1 Å². The van der Waals surface area contributed by atoms with Crippen LogP contribution in [0.2, 0.25) is 0 Å². The fraction of sp³-hybridized carbons (Fsp3) is 0.438. The Balaban J connectivity index is 2.43. The number of halogens is 1. The molecule has 1 aromatic carbocycles. The highest BCUT2D eigenvalue weighted by Gasteiger charge is 2.27. The standard InChI is InChI=1S/C16H20FNO/c1-10(2)18-11(3)7-14-8-13(5-6-16(14)18)12(4)15(17)9-19/h5-6,8-11H,7H2,1-4H3. The van der Waals surface area contributed by atoms with Gasteiger partial charge in [-0.05, 0) is 62.9 Å². The molecule has 0 aromatic heterocycles. The summed E-state index contributed by atoms with van der Waals surface area (Å²) in [5.74, 6) is -0.688. The fourth-order valence-corrected chi connectivity index (χ4v) is 2.90. The molecule has 1 atom stereocenters. The van der Waals surface area contributed by atoms with Crippen molar-refractivity contribution in [2.75, 3.05) is 4.90 Å². The molecule has 1 unspecified atom stereocenters. The normalized spacial score (nSPS) is 19.5. The lowest BCUT2D eigenvalue weighted by atomic mass is 10.0. The third kappa shape index (κ3) is 2.42. The summed E-state index contributed by atoms with van der Waals surface area (Å²) in [6.07, 6.45) is 1.24. The van der Waals surface area contributed by atoms with E-state index < -0.39 is 5.83 Å². The number of hydrogen-bond donors (Lipinski definition) is 0. The highest BCUT2D eigenvalue weighted by molar-refractivity contribution is 5.85. The van der Waals surface area contributed by atoms with Crippen molar-refractivity contribution in [3.63, 3.8) is 0 Å². The molecular weight excluding hydrogens is 241 g/mol. The van der Waals surface area contributed by atoms with Crippen LogP contribution in [-0.2, 0) is 11.2 Å². The Kier molecular flexibility index (Phi) is 3.74. The summed E-state index contributed by atoms with van der Waals surface area (Å²) in [6, 6.07) is 6.85. The minimum atomic E-state index is -0.688. The zero-order valence-electron chi connectivity index (χ0n) is 11.9. The Hall–Kier alpha value is -1.64. The first kappa shape index (κ1) is 13.8. The molecule has 0 N–H and O–H groups in total. The molecule has 1 aliphatic heterocycles. The summed E-state index contributed by atoms with van der Waals surface area (Å²) in [5, 5.41) is 0. The molecule has 0 aliphatic carbocycles. The third-order valence-corrected chi connectivity index (χ3v) is 3.80. The van der Waals surface area contributed by atoms with E-state index in [1.54, 1.807) is 6.92 Å². The van der Waals surface area contributed by atoms with E-state index in [2.05, 4.69) is 25.7 Å².